The van der Waals surface area contributed by atoms with E-state index in [1.807, 2.05) is 6.07 Å². The zero-order valence-corrected chi connectivity index (χ0v) is 13.8. The molecule has 2 atom stereocenters. The van der Waals surface area contributed by atoms with E-state index in [1.165, 1.54) is 18.5 Å². The molecule has 1 N–H and O–H groups in total. The summed E-state index contributed by atoms with van der Waals surface area (Å²) in [4.78, 5) is 17.5. The molecule has 5 heteroatoms. The smallest absolute Gasteiger partial charge is 0.239 e. The van der Waals surface area contributed by atoms with E-state index >= 15 is 0 Å². The van der Waals surface area contributed by atoms with E-state index in [4.69, 9.17) is 0 Å². The first-order valence-electron chi connectivity index (χ1n) is 8.70. The number of carbonyl (C=O) groups excluding carboxylic acids is 1. The lowest BCUT2D eigenvalue weighted by Crippen LogP contribution is -2.54. The van der Waals surface area contributed by atoms with Crippen LogP contribution >= 0.6 is 0 Å². The summed E-state index contributed by atoms with van der Waals surface area (Å²) in [5.74, 6) is 0.758. The van der Waals surface area contributed by atoms with Crippen molar-refractivity contribution in [2.24, 2.45) is 0 Å². The minimum Gasteiger partial charge on any atom is -0.341 e. The molecule has 2 fully saturated rings. The summed E-state index contributed by atoms with van der Waals surface area (Å²) in [6.45, 7) is 7.21. The quantitative estimate of drug-likeness (QED) is 0.933. The van der Waals surface area contributed by atoms with E-state index in [2.05, 4.69) is 33.8 Å². The lowest BCUT2D eigenvalue weighted by molar-refractivity contribution is -0.140. The van der Waals surface area contributed by atoms with Crippen molar-refractivity contribution in [3.8, 4) is 0 Å². The summed E-state index contributed by atoms with van der Waals surface area (Å²) in [5.41, 5.74) is 1.17. The summed E-state index contributed by atoms with van der Waals surface area (Å²) in [7, 11) is 0. The third kappa shape index (κ3) is 3.19. The van der Waals surface area contributed by atoms with Crippen molar-refractivity contribution in [3.05, 3.63) is 18.0 Å². The third-order valence-corrected chi connectivity index (χ3v) is 5.19. The highest BCUT2D eigenvalue weighted by Crippen LogP contribution is 2.28. The van der Waals surface area contributed by atoms with Crippen molar-refractivity contribution >= 4 is 5.91 Å². The van der Waals surface area contributed by atoms with Crippen LogP contribution in [0.1, 0.15) is 57.6 Å². The number of amides is 1. The Kier molecular flexibility index (Phi) is 4.81. The predicted octanol–water partition coefficient (Wildman–Crippen LogP) is 2.38. The van der Waals surface area contributed by atoms with Crippen LogP contribution in [0.25, 0.3) is 0 Å². The van der Waals surface area contributed by atoms with Crippen molar-refractivity contribution in [2.75, 3.05) is 19.6 Å². The van der Waals surface area contributed by atoms with Gasteiger partial charge in [0.2, 0.25) is 5.91 Å². The van der Waals surface area contributed by atoms with Gasteiger partial charge in [0.05, 0.1) is 6.04 Å². The lowest BCUT2D eigenvalue weighted by Gasteiger charge is -2.42. The molecule has 5 nitrogen and oxygen atoms in total. The molecule has 22 heavy (non-hydrogen) atoms. The number of hydrogen-bond donors (Lipinski definition) is 1. The number of rotatable bonds is 3. The minimum atomic E-state index is 0.0919. The highest BCUT2D eigenvalue weighted by Gasteiger charge is 2.35. The number of H-pyrrole nitrogens is 1. The maximum Gasteiger partial charge on any atom is 0.239 e. The van der Waals surface area contributed by atoms with Crippen LogP contribution < -0.4 is 0 Å². The zero-order chi connectivity index (χ0) is 15.5. The molecule has 0 spiro atoms. The molecule has 1 aromatic heterocycles. The summed E-state index contributed by atoms with van der Waals surface area (Å²) < 4.78 is 0. The van der Waals surface area contributed by atoms with Crippen LogP contribution in [0.3, 0.4) is 0 Å². The monoisotopic (exact) mass is 304 g/mol. The number of aromatic nitrogens is 2. The first kappa shape index (κ1) is 15.5. The van der Waals surface area contributed by atoms with E-state index in [1.54, 1.807) is 6.20 Å². The molecule has 0 aliphatic carbocycles. The second-order valence-corrected chi connectivity index (χ2v) is 6.98. The van der Waals surface area contributed by atoms with Gasteiger partial charge in [0, 0.05) is 36.9 Å². The van der Waals surface area contributed by atoms with Gasteiger partial charge in [-0.15, -0.1) is 0 Å². The van der Waals surface area contributed by atoms with Crippen LogP contribution in [-0.2, 0) is 4.79 Å². The number of carbonyl (C=O) groups is 1. The molecule has 1 amide bonds. The van der Waals surface area contributed by atoms with Crippen molar-refractivity contribution in [1.29, 1.82) is 0 Å². The maximum atomic E-state index is 13.0. The normalized spacial score (nSPS) is 27.3. The van der Waals surface area contributed by atoms with E-state index in [9.17, 15) is 4.79 Å². The Morgan fingerprint density at radius 1 is 1.27 bits per heavy atom. The number of aromatic amines is 1. The topological polar surface area (TPSA) is 52.2 Å². The fourth-order valence-electron chi connectivity index (χ4n) is 3.97. The van der Waals surface area contributed by atoms with Crippen molar-refractivity contribution < 1.29 is 4.79 Å². The SMILES string of the molecule is CC(C)N1CCCCC1C(=O)N1CCCC(c2ccn[nH]2)C1. The zero-order valence-electron chi connectivity index (χ0n) is 13.8. The predicted molar refractivity (Wildman–Crippen MR) is 86.6 cm³/mol. The molecular formula is C17H28N4O. The molecule has 3 heterocycles. The molecule has 0 saturated carbocycles. The fourth-order valence-corrected chi connectivity index (χ4v) is 3.97. The number of piperidine rings is 2. The summed E-state index contributed by atoms with van der Waals surface area (Å²) in [6, 6.07) is 2.58. The van der Waals surface area contributed by atoms with Gasteiger partial charge in [-0.05, 0) is 52.1 Å². The molecule has 2 aliphatic rings. The molecule has 3 rings (SSSR count). The van der Waals surface area contributed by atoms with Crippen molar-refractivity contribution in [1.82, 2.24) is 20.0 Å². The van der Waals surface area contributed by atoms with Crippen molar-refractivity contribution in [3.63, 3.8) is 0 Å². The number of nitrogens with zero attached hydrogens (tertiary/aromatic N) is 3. The molecule has 2 unspecified atom stereocenters. The lowest BCUT2D eigenvalue weighted by atomic mass is 9.93. The summed E-state index contributed by atoms with van der Waals surface area (Å²) in [6.07, 6.45) is 7.45. The van der Waals surface area contributed by atoms with Crippen LogP contribution in [0.4, 0.5) is 0 Å². The van der Waals surface area contributed by atoms with Gasteiger partial charge in [0.15, 0.2) is 0 Å². The summed E-state index contributed by atoms with van der Waals surface area (Å²) >= 11 is 0. The average Bonchev–Trinajstić information content (AvgIpc) is 3.09. The maximum absolute atomic E-state index is 13.0. The Balaban J connectivity index is 1.68. The Hall–Kier alpha value is -1.36. The van der Waals surface area contributed by atoms with E-state index in [0.717, 1.165) is 38.9 Å². The van der Waals surface area contributed by atoms with E-state index in [0.29, 0.717) is 17.9 Å². The number of hydrogen-bond acceptors (Lipinski definition) is 3. The molecule has 0 bridgehead atoms. The van der Waals surface area contributed by atoms with Gasteiger partial charge in [-0.3, -0.25) is 14.8 Å². The Bertz CT molecular complexity index is 485. The third-order valence-electron chi connectivity index (χ3n) is 5.19. The molecule has 0 aromatic carbocycles. The average molecular weight is 304 g/mol. The fraction of sp³-hybridized carbons (Fsp3) is 0.765. The van der Waals surface area contributed by atoms with Crippen LogP contribution in [0.15, 0.2) is 12.3 Å². The second kappa shape index (κ2) is 6.82. The van der Waals surface area contributed by atoms with Crippen LogP contribution in [0.2, 0.25) is 0 Å². The molecule has 1 aromatic rings. The van der Waals surface area contributed by atoms with Crippen molar-refractivity contribution in [2.45, 2.75) is 64.0 Å². The Morgan fingerprint density at radius 2 is 2.14 bits per heavy atom. The Morgan fingerprint density at radius 3 is 2.86 bits per heavy atom. The largest absolute Gasteiger partial charge is 0.341 e. The molecule has 122 valence electrons. The summed E-state index contributed by atoms with van der Waals surface area (Å²) in [5, 5.41) is 7.13. The first-order valence-corrected chi connectivity index (χ1v) is 8.70. The van der Waals surface area contributed by atoms with Gasteiger partial charge in [0.25, 0.3) is 0 Å². The van der Waals surface area contributed by atoms with Gasteiger partial charge < -0.3 is 4.90 Å². The molecule has 0 radical (unpaired) electrons. The van der Waals surface area contributed by atoms with Gasteiger partial charge >= 0.3 is 0 Å². The Labute approximate surface area is 133 Å². The standard InChI is InChI=1S/C17H28N4O/c1-13(2)21-11-4-3-7-16(21)17(22)20-10-5-6-14(12-20)15-8-9-18-19-15/h8-9,13-14,16H,3-7,10-12H2,1-2H3,(H,18,19). The van der Waals surface area contributed by atoms with E-state index in [-0.39, 0.29) is 6.04 Å². The van der Waals surface area contributed by atoms with Gasteiger partial charge in [0.1, 0.15) is 0 Å². The highest BCUT2D eigenvalue weighted by atomic mass is 16.2. The van der Waals surface area contributed by atoms with E-state index < -0.39 is 0 Å². The first-order chi connectivity index (χ1) is 10.7. The molecular weight excluding hydrogens is 276 g/mol. The van der Waals surface area contributed by atoms with Crippen LogP contribution in [0.5, 0.6) is 0 Å². The minimum absolute atomic E-state index is 0.0919. The highest BCUT2D eigenvalue weighted by molar-refractivity contribution is 5.82. The number of likely N-dealkylation sites (tertiary alicyclic amines) is 2. The molecule has 2 saturated heterocycles. The van der Waals surface area contributed by atoms with Gasteiger partial charge in [-0.25, -0.2) is 0 Å². The number of nitrogens with one attached hydrogen (secondary N) is 1. The van der Waals surface area contributed by atoms with Gasteiger partial charge in [-0.1, -0.05) is 6.42 Å². The van der Waals surface area contributed by atoms with Crippen LogP contribution in [-0.4, -0.2) is 57.6 Å². The van der Waals surface area contributed by atoms with Crippen LogP contribution in [0, 0.1) is 0 Å². The van der Waals surface area contributed by atoms with Gasteiger partial charge in [-0.2, -0.15) is 5.10 Å². The second-order valence-electron chi connectivity index (χ2n) is 6.98. The molecule has 2 aliphatic heterocycles.